The topological polar surface area (TPSA) is 38.9 Å². The van der Waals surface area contributed by atoms with E-state index in [-0.39, 0.29) is 0 Å². The van der Waals surface area contributed by atoms with E-state index in [4.69, 9.17) is 16.1 Å². The third-order valence-corrected chi connectivity index (χ3v) is 2.80. The number of rotatable bonds is 2. The second-order valence-corrected chi connectivity index (χ2v) is 4.23. The molecule has 0 saturated heterocycles. The number of halogens is 1. The first-order valence-electron chi connectivity index (χ1n) is 6.48. The molecule has 1 heterocycles. The lowest BCUT2D eigenvalue weighted by Crippen LogP contribution is -1.80. The molecule has 3 rings (SSSR count). The van der Waals surface area contributed by atoms with Gasteiger partial charge in [-0.2, -0.15) is 4.98 Å². The smallest absolute Gasteiger partial charge is 0.258 e. The van der Waals surface area contributed by atoms with Crippen LogP contribution in [0.3, 0.4) is 0 Å². The fourth-order valence-electron chi connectivity index (χ4n) is 1.64. The number of hydrogen-bond donors (Lipinski definition) is 0. The van der Waals surface area contributed by atoms with Crippen molar-refractivity contribution in [2.45, 2.75) is 13.8 Å². The fraction of sp³-hybridized carbons (Fsp3) is 0.125. The third-order valence-electron chi connectivity index (χ3n) is 2.55. The lowest BCUT2D eigenvalue weighted by Gasteiger charge is -1.93. The molecule has 1 aromatic heterocycles. The van der Waals surface area contributed by atoms with Gasteiger partial charge in [0.1, 0.15) is 0 Å². The minimum absolute atomic E-state index is 0.514. The average molecular weight is 287 g/mol. The Kier molecular flexibility index (Phi) is 4.91. The lowest BCUT2D eigenvalue weighted by atomic mass is 10.2. The molecular formula is C16H15ClN2O. The van der Waals surface area contributed by atoms with Gasteiger partial charge in [0.05, 0.1) is 0 Å². The maximum atomic E-state index is 5.84. The normalized spacial score (nSPS) is 9.75. The number of hydrogen-bond acceptors (Lipinski definition) is 3. The van der Waals surface area contributed by atoms with Crippen molar-refractivity contribution in [1.29, 1.82) is 0 Å². The van der Waals surface area contributed by atoms with Crippen molar-refractivity contribution >= 4 is 11.6 Å². The summed E-state index contributed by atoms with van der Waals surface area (Å²) in [5.74, 6) is 1.08. The van der Waals surface area contributed by atoms with Gasteiger partial charge in [0, 0.05) is 16.1 Å². The summed E-state index contributed by atoms with van der Waals surface area (Å²) in [6, 6.07) is 17.0. The molecule has 0 saturated carbocycles. The minimum Gasteiger partial charge on any atom is -0.334 e. The van der Waals surface area contributed by atoms with E-state index in [1.807, 2.05) is 56.3 Å². The van der Waals surface area contributed by atoms with Crippen molar-refractivity contribution < 1.29 is 4.52 Å². The van der Waals surface area contributed by atoms with E-state index in [1.54, 1.807) is 12.1 Å². The zero-order valence-electron chi connectivity index (χ0n) is 11.4. The van der Waals surface area contributed by atoms with Crippen LogP contribution in [0.15, 0.2) is 59.1 Å². The second kappa shape index (κ2) is 6.87. The van der Waals surface area contributed by atoms with Crippen molar-refractivity contribution in [3.63, 3.8) is 0 Å². The van der Waals surface area contributed by atoms with Gasteiger partial charge in [-0.3, -0.25) is 0 Å². The molecule has 102 valence electrons. The first kappa shape index (κ1) is 14.3. The molecule has 3 aromatic rings. The second-order valence-electron chi connectivity index (χ2n) is 3.80. The van der Waals surface area contributed by atoms with E-state index in [2.05, 4.69) is 10.1 Å². The molecule has 0 amide bonds. The highest BCUT2D eigenvalue weighted by Crippen LogP contribution is 2.22. The Morgan fingerprint density at radius 3 is 2.15 bits per heavy atom. The van der Waals surface area contributed by atoms with Crippen LogP contribution in [-0.2, 0) is 0 Å². The molecule has 4 heteroatoms. The third kappa shape index (κ3) is 3.25. The van der Waals surface area contributed by atoms with Gasteiger partial charge in [-0.25, -0.2) is 0 Å². The van der Waals surface area contributed by atoms with Gasteiger partial charge in [0.15, 0.2) is 0 Å². The van der Waals surface area contributed by atoms with Gasteiger partial charge in [-0.1, -0.05) is 48.8 Å². The number of benzene rings is 2. The molecule has 0 atom stereocenters. The summed E-state index contributed by atoms with van der Waals surface area (Å²) in [4.78, 5) is 4.36. The Hall–Kier alpha value is -2.13. The first-order chi connectivity index (χ1) is 9.83. The first-order valence-corrected chi connectivity index (χ1v) is 6.86. The maximum Gasteiger partial charge on any atom is 0.258 e. The van der Waals surface area contributed by atoms with Crippen molar-refractivity contribution in [3.8, 4) is 22.8 Å². The summed E-state index contributed by atoms with van der Waals surface area (Å²) in [5, 5.41) is 4.65. The molecule has 0 aliphatic heterocycles. The van der Waals surface area contributed by atoms with Crippen molar-refractivity contribution in [3.05, 3.63) is 59.6 Å². The van der Waals surface area contributed by atoms with Crippen molar-refractivity contribution in [2.75, 3.05) is 0 Å². The van der Waals surface area contributed by atoms with Gasteiger partial charge in [-0.15, -0.1) is 0 Å². The molecule has 0 fully saturated rings. The quantitative estimate of drug-likeness (QED) is 0.659. The molecule has 0 spiro atoms. The zero-order chi connectivity index (χ0) is 14.4. The monoisotopic (exact) mass is 286 g/mol. The van der Waals surface area contributed by atoms with Crippen molar-refractivity contribution in [1.82, 2.24) is 10.1 Å². The molecule has 20 heavy (non-hydrogen) atoms. The van der Waals surface area contributed by atoms with Crippen molar-refractivity contribution in [2.24, 2.45) is 0 Å². The maximum absolute atomic E-state index is 5.84. The van der Waals surface area contributed by atoms with Gasteiger partial charge >= 0.3 is 0 Å². The highest BCUT2D eigenvalue weighted by Gasteiger charge is 2.09. The van der Waals surface area contributed by atoms with E-state index in [0.29, 0.717) is 16.7 Å². The van der Waals surface area contributed by atoms with Gasteiger partial charge in [0.2, 0.25) is 5.82 Å². The standard InChI is InChI=1S/C14H9ClN2O.C2H6/c15-12-8-6-10(7-9-12)13-16-14(18-17-13)11-4-2-1-3-5-11;1-2/h1-9H;1-2H3. The summed E-state index contributed by atoms with van der Waals surface area (Å²) in [6.45, 7) is 4.00. The van der Waals surface area contributed by atoms with Crippen LogP contribution >= 0.6 is 11.6 Å². The van der Waals surface area contributed by atoms with E-state index in [0.717, 1.165) is 11.1 Å². The van der Waals surface area contributed by atoms with Crippen LogP contribution in [0.4, 0.5) is 0 Å². The number of nitrogens with zero attached hydrogens (tertiary/aromatic N) is 2. The molecular weight excluding hydrogens is 272 g/mol. The van der Waals surface area contributed by atoms with E-state index >= 15 is 0 Å². The largest absolute Gasteiger partial charge is 0.334 e. The van der Waals surface area contributed by atoms with Crippen LogP contribution in [0.1, 0.15) is 13.8 Å². The molecule has 0 N–H and O–H groups in total. The zero-order valence-corrected chi connectivity index (χ0v) is 12.1. The van der Waals surface area contributed by atoms with Gasteiger partial charge < -0.3 is 4.52 Å². The SMILES string of the molecule is CC.Clc1ccc(-c2noc(-c3ccccc3)n2)cc1. The van der Waals surface area contributed by atoms with E-state index in [1.165, 1.54) is 0 Å². The minimum atomic E-state index is 0.514. The Morgan fingerprint density at radius 2 is 1.50 bits per heavy atom. The molecule has 2 aromatic carbocycles. The highest BCUT2D eigenvalue weighted by molar-refractivity contribution is 6.30. The Morgan fingerprint density at radius 1 is 0.850 bits per heavy atom. The van der Waals surface area contributed by atoms with Gasteiger partial charge in [-0.05, 0) is 36.4 Å². The Bertz CT molecular complexity index is 648. The molecule has 0 unspecified atom stereocenters. The predicted molar refractivity (Wildman–Crippen MR) is 81.5 cm³/mol. The predicted octanol–water partition coefficient (Wildman–Crippen LogP) is 5.08. The van der Waals surface area contributed by atoms with E-state index < -0.39 is 0 Å². The molecule has 0 bridgehead atoms. The Balaban J connectivity index is 0.000000704. The summed E-state index contributed by atoms with van der Waals surface area (Å²) < 4.78 is 5.24. The lowest BCUT2D eigenvalue weighted by molar-refractivity contribution is 0.432. The molecule has 0 aliphatic carbocycles. The van der Waals surface area contributed by atoms with Crippen LogP contribution in [0, 0.1) is 0 Å². The highest BCUT2D eigenvalue weighted by atomic mass is 35.5. The van der Waals surface area contributed by atoms with Gasteiger partial charge in [0.25, 0.3) is 5.89 Å². The van der Waals surface area contributed by atoms with Crippen LogP contribution < -0.4 is 0 Å². The summed E-state index contributed by atoms with van der Waals surface area (Å²) in [6.07, 6.45) is 0. The Labute approximate surface area is 123 Å². The number of aromatic nitrogens is 2. The summed E-state index contributed by atoms with van der Waals surface area (Å²) in [5.41, 5.74) is 1.79. The molecule has 0 radical (unpaired) electrons. The fourth-order valence-corrected chi connectivity index (χ4v) is 1.76. The van der Waals surface area contributed by atoms with Crippen LogP contribution in [-0.4, -0.2) is 10.1 Å². The van der Waals surface area contributed by atoms with Crippen LogP contribution in [0.5, 0.6) is 0 Å². The summed E-state index contributed by atoms with van der Waals surface area (Å²) >= 11 is 5.84. The van der Waals surface area contributed by atoms with Crippen LogP contribution in [0.2, 0.25) is 5.02 Å². The molecule has 3 nitrogen and oxygen atoms in total. The van der Waals surface area contributed by atoms with Crippen LogP contribution in [0.25, 0.3) is 22.8 Å². The molecule has 0 aliphatic rings. The summed E-state index contributed by atoms with van der Waals surface area (Å²) in [7, 11) is 0. The van der Waals surface area contributed by atoms with E-state index in [9.17, 15) is 0 Å². The average Bonchev–Trinajstić information content (AvgIpc) is 3.01.